The molecule has 0 aromatic heterocycles. The number of aryl methyl sites for hydroxylation is 1. The maximum absolute atomic E-state index is 12.6. The van der Waals surface area contributed by atoms with Crippen LogP contribution in [0.3, 0.4) is 0 Å². The molecule has 104 valence electrons. The zero-order valence-electron chi connectivity index (χ0n) is 11.0. The highest BCUT2D eigenvalue weighted by molar-refractivity contribution is 9.10. The van der Waals surface area contributed by atoms with Crippen LogP contribution >= 0.6 is 15.9 Å². The largest absolute Gasteiger partial charge is 0.243 e. The Labute approximate surface area is 127 Å². The molecule has 2 aromatic rings. The fourth-order valence-corrected chi connectivity index (χ4v) is 4.30. The van der Waals surface area contributed by atoms with Crippen LogP contribution in [0.1, 0.15) is 16.7 Å². The second-order valence-electron chi connectivity index (χ2n) is 4.96. The van der Waals surface area contributed by atoms with Crippen LogP contribution in [0.4, 0.5) is 0 Å². The summed E-state index contributed by atoms with van der Waals surface area (Å²) in [6, 6.07) is 12.8. The number of fused-ring (bicyclic) bond motifs is 1. The van der Waals surface area contributed by atoms with Crippen LogP contribution in [0.25, 0.3) is 0 Å². The van der Waals surface area contributed by atoms with Crippen LogP contribution in [-0.4, -0.2) is 12.7 Å². The summed E-state index contributed by atoms with van der Waals surface area (Å²) in [6.07, 6.45) is 0. The molecule has 1 heterocycles. The van der Waals surface area contributed by atoms with Crippen LogP contribution in [0.5, 0.6) is 0 Å². The molecular weight excluding hydrogens is 338 g/mol. The summed E-state index contributed by atoms with van der Waals surface area (Å²) in [7, 11) is -3.43. The zero-order chi connectivity index (χ0) is 14.3. The number of hydrogen-bond acceptors (Lipinski definition) is 2. The van der Waals surface area contributed by atoms with Gasteiger partial charge in [0.1, 0.15) is 0 Å². The second-order valence-corrected chi connectivity index (χ2v) is 7.76. The topological polar surface area (TPSA) is 37.4 Å². The van der Waals surface area contributed by atoms with Crippen molar-refractivity contribution >= 4 is 26.0 Å². The van der Waals surface area contributed by atoms with E-state index in [0.717, 1.165) is 21.2 Å². The van der Waals surface area contributed by atoms with E-state index in [1.807, 2.05) is 37.3 Å². The highest BCUT2D eigenvalue weighted by Crippen LogP contribution is 2.32. The number of halogens is 1. The second kappa shape index (κ2) is 4.98. The Balaban J connectivity index is 1.96. The van der Waals surface area contributed by atoms with Crippen molar-refractivity contribution in [2.24, 2.45) is 0 Å². The molecule has 0 N–H and O–H groups in total. The standard InChI is InChI=1S/C15H14BrNO2S/c1-11-5-7-13(8-6-11)20(18,19)17-9-12-3-2-4-15(16)14(12)10-17/h2-8H,9-10H2,1H3. The van der Waals surface area contributed by atoms with Gasteiger partial charge < -0.3 is 0 Å². The van der Waals surface area contributed by atoms with Gasteiger partial charge in [-0.2, -0.15) is 4.31 Å². The lowest BCUT2D eigenvalue weighted by Crippen LogP contribution is -2.25. The minimum Gasteiger partial charge on any atom is -0.207 e. The smallest absolute Gasteiger partial charge is 0.207 e. The third-order valence-electron chi connectivity index (χ3n) is 3.56. The predicted octanol–water partition coefficient (Wildman–Crippen LogP) is 3.46. The van der Waals surface area contributed by atoms with Crippen LogP contribution in [0, 0.1) is 6.92 Å². The molecule has 0 saturated heterocycles. The molecule has 1 aliphatic rings. The first-order valence-corrected chi connectivity index (χ1v) is 8.55. The minimum absolute atomic E-state index is 0.354. The molecule has 0 atom stereocenters. The minimum atomic E-state index is -3.43. The van der Waals surface area contributed by atoms with Crippen LogP contribution in [-0.2, 0) is 23.1 Å². The molecular formula is C15H14BrNO2S. The van der Waals surface area contributed by atoms with Gasteiger partial charge in [0.15, 0.2) is 0 Å². The molecule has 20 heavy (non-hydrogen) atoms. The molecule has 2 aromatic carbocycles. The van der Waals surface area contributed by atoms with Crippen molar-refractivity contribution in [3.63, 3.8) is 0 Å². The van der Waals surface area contributed by atoms with Gasteiger partial charge in [-0.1, -0.05) is 45.8 Å². The van der Waals surface area contributed by atoms with Gasteiger partial charge in [0.25, 0.3) is 0 Å². The number of hydrogen-bond donors (Lipinski definition) is 0. The summed E-state index contributed by atoms with van der Waals surface area (Å²) in [5.74, 6) is 0. The molecule has 0 unspecified atom stereocenters. The number of sulfonamides is 1. The first-order valence-electron chi connectivity index (χ1n) is 6.31. The lowest BCUT2D eigenvalue weighted by Gasteiger charge is -2.15. The third kappa shape index (κ3) is 2.30. The van der Waals surface area contributed by atoms with Gasteiger partial charge in [0, 0.05) is 17.6 Å². The summed E-state index contributed by atoms with van der Waals surface area (Å²) in [5, 5.41) is 0. The SMILES string of the molecule is Cc1ccc(S(=O)(=O)N2Cc3cccc(Br)c3C2)cc1. The van der Waals surface area contributed by atoms with E-state index >= 15 is 0 Å². The molecule has 0 saturated carbocycles. The maximum atomic E-state index is 12.6. The van der Waals surface area contributed by atoms with Crippen LogP contribution in [0.2, 0.25) is 0 Å². The summed E-state index contributed by atoms with van der Waals surface area (Å²) in [5.41, 5.74) is 3.18. The molecule has 0 spiro atoms. The lowest BCUT2D eigenvalue weighted by atomic mass is 10.1. The monoisotopic (exact) mass is 351 g/mol. The average molecular weight is 352 g/mol. The average Bonchev–Trinajstić information content (AvgIpc) is 2.85. The van der Waals surface area contributed by atoms with Gasteiger partial charge in [-0.15, -0.1) is 0 Å². The van der Waals surface area contributed by atoms with Gasteiger partial charge in [-0.05, 0) is 36.2 Å². The molecule has 0 bridgehead atoms. The van der Waals surface area contributed by atoms with E-state index in [1.54, 1.807) is 12.1 Å². The highest BCUT2D eigenvalue weighted by atomic mass is 79.9. The molecule has 0 amide bonds. The van der Waals surface area contributed by atoms with Gasteiger partial charge in [-0.25, -0.2) is 8.42 Å². The van der Waals surface area contributed by atoms with E-state index in [4.69, 9.17) is 0 Å². The summed E-state index contributed by atoms with van der Waals surface area (Å²) in [6.45, 7) is 2.80. The molecule has 1 aliphatic heterocycles. The Morgan fingerprint density at radius 2 is 1.75 bits per heavy atom. The quantitative estimate of drug-likeness (QED) is 0.830. The number of rotatable bonds is 2. The van der Waals surface area contributed by atoms with Gasteiger partial charge in [0.2, 0.25) is 10.0 Å². The van der Waals surface area contributed by atoms with Crippen LogP contribution in [0.15, 0.2) is 51.8 Å². The first-order chi connectivity index (χ1) is 9.48. The predicted molar refractivity (Wildman–Crippen MR) is 81.8 cm³/mol. The molecule has 3 nitrogen and oxygen atoms in total. The lowest BCUT2D eigenvalue weighted by molar-refractivity contribution is 0.431. The van der Waals surface area contributed by atoms with E-state index in [1.165, 1.54) is 4.31 Å². The molecule has 3 rings (SSSR count). The van der Waals surface area contributed by atoms with Crippen molar-refractivity contribution < 1.29 is 8.42 Å². The molecule has 0 radical (unpaired) electrons. The van der Waals surface area contributed by atoms with Crippen molar-refractivity contribution in [3.05, 3.63) is 63.6 Å². The van der Waals surface area contributed by atoms with Crippen LogP contribution < -0.4 is 0 Å². The molecule has 5 heteroatoms. The summed E-state index contributed by atoms with van der Waals surface area (Å²) < 4.78 is 27.8. The number of benzene rings is 2. The number of nitrogens with zero attached hydrogens (tertiary/aromatic N) is 1. The van der Waals surface area contributed by atoms with Crippen molar-refractivity contribution in [2.45, 2.75) is 24.9 Å². The third-order valence-corrected chi connectivity index (χ3v) is 6.10. The van der Waals surface area contributed by atoms with Gasteiger partial charge in [0.05, 0.1) is 4.90 Å². The van der Waals surface area contributed by atoms with E-state index in [0.29, 0.717) is 18.0 Å². The fraction of sp³-hybridized carbons (Fsp3) is 0.200. The Bertz CT molecular complexity index is 754. The van der Waals surface area contributed by atoms with Gasteiger partial charge in [-0.3, -0.25) is 0 Å². The Hall–Kier alpha value is -1.17. The van der Waals surface area contributed by atoms with Crippen molar-refractivity contribution in [3.8, 4) is 0 Å². The van der Waals surface area contributed by atoms with E-state index in [9.17, 15) is 8.42 Å². The molecule has 0 aliphatic carbocycles. The summed E-state index contributed by atoms with van der Waals surface area (Å²) >= 11 is 3.49. The fourth-order valence-electron chi connectivity index (χ4n) is 2.38. The summed E-state index contributed by atoms with van der Waals surface area (Å²) in [4.78, 5) is 0.354. The first kappa shape index (κ1) is 13.8. The maximum Gasteiger partial charge on any atom is 0.243 e. The molecule has 0 fully saturated rings. The van der Waals surface area contributed by atoms with E-state index in [-0.39, 0.29) is 0 Å². The van der Waals surface area contributed by atoms with Crippen molar-refractivity contribution in [2.75, 3.05) is 0 Å². The normalized spacial score (nSPS) is 15.3. The van der Waals surface area contributed by atoms with Crippen molar-refractivity contribution in [1.82, 2.24) is 4.31 Å². The Morgan fingerprint density at radius 1 is 1.05 bits per heavy atom. The van der Waals surface area contributed by atoms with Gasteiger partial charge >= 0.3 is 0 Å². The van der Waals surface area contributed by atoms with E-state index in [2.05, 4.69) is 15.9 Å². The Morgan fingerprint density at radius 3 is 2.40 bits per heavy atom. The zero-order valence-corrected chi connectivity index (χ0v) is 13.4. The Kier molecular flexibility index (Phi) is 3.44. The highest BCUT2D eigenvalue weighted by Gasteiger charge is 2.31. The van der Waals surface area contributed by atoms with E-state index < -0.39 is 10.0 Å². The van der Waals surface area contributed by atoms with Crippen molar-refractivity contribution in [1.29, 1.82) is 0 Å².